The van der Waals surface area contributed by atoms with Gasteiger partial charge in [-0.05, 0) is 29.7 Å². The topological polar surface area (TPSA) is 53.8 Å². The van der Waals surface area contributed by atoms with Gasteiger partial charge >= 0.3 is 0 Å². The fourth-order valence-corrected chi connectivity index (χ4v) is 4.66. The van der Waals surface area contributed by atoms with Gasteiger partial charge in [-0.3, -0.25) is 4.90 Å². The van der Waals surface area contributed by atoms with Gasteiger partial charge in [-0.15, -0.1) is 0 Å². The Kier molecular flexibility index (Phi) is 5.66. The number of aliphatic hydroxyl groups excluding tert-OH is 1. The van der Waals surface area contributed by atoms with Gasteiger partial charge in [0, 0.05) is 51.4 Å². The van der Waals surface area contributed by atoms with E-state index in [1.54, 1.807) is 0 Å². The molecule has 162 valence electrons. The standard InChI is InChI=1S/C25H30N4O2/c1-27-18-26-24-10-12-29(16-25(24)27)21-7-4-8-23(13-21)31-17-22(30)15-28-11-9-19-5-2-3-6-20(19)14-28/h2-8,13,18,22,30H,9-12,14-17H2,1H3. The lowest BCUT2D eigenvalue weighted by molar-refractivity contribution is 0.0638. The van der Waals surface area contributed by atoms with Crippen molar-refractivity contribution in [2.24, 2.45) is 7.05 Å². The predicted octanol–water partition coefficient (Wildman–Crippen LogP) is 2.78. The Hall–Kier alpha value is -2.83. The molecule has 0 fully saturated rings. The summed E-state index contributed by atoms with van der Waals surface area (Å²) in [5.74, 6) is 0.802. The smallest absolute Gasteiger partial charge is 0.121 e. The number of aliphatic hydroxyl groups is 1. The van der Waals surface area contributed by atoms with Gasteiger partial charge in [0.2, 0.25) is 0 Å². The molecule has 0 saturated carbocycles. The molecule has 1 atom stereocenters. The first-order chi connectivity index (χ1) is 15.2. The molecule has 0 amide bonds. The van der Waals surface area contributed by atoms with E-state index in [0.29, 0.717) is 13.2 Å². The molecule has 0 radical (unpaired) electrons. The van der Waals surface area contributed by atoms with Crippen LogP contribution >= 0.6 is 0 Å². The Morgan fingerprint density at radius 3 is 2.81 bits per heavy atom. The van der Waals surface area contributed by atoms with Crippen LogP contribution in [-0.2, 0) is 33.0 Å². The number of nitrogens with zero attached hydrogens (tertiary/aromatic N) is 4. The fourth-order valence-electron chi connectivity index (χ4n) is 4.66. The van der Waals surface area contributed by atoms with Gasteiger partial charge < -0.3 is 19.3 Å². The van der Waals surface area contributed by atoms with E-state index in [1.807, 2.05) is 18.5 Å². The van der Waals surface area contributed by atoms with Crippen LogP contribution in [0.3, 0.4) is 0 Å². The molecular weight excluding hydrogens is 388 g/mol. The third-order valence-corrected chi connectivity index (χ3v) is 6.41. The number of anilines is 1. The molecule has 2 aromatic carbocycles. The van der Waals surface area contributed by atoms with Gasteiger partial charge in [0.1, 0.15) is 18.5 Å². The molecule has 0 spiro atoms. The van der Waals surface area contributed by atoms with Crippen molar-refractivity contribution in [3.8, 4) is 5.75 Å². The molecule has 2 aliphatic rings. The molecule has 0 aliphatic carbocycles. The van der Waals surface area contributed by atoms with Crippen molar-refractivity contribution >= 4 is 5.69 Å². The van der Waals surface area contributed by atoms with E-state index in [9.17, 15) is 5.11 Å². The van der Waals surface area contributed by atoms with Crippen molar-refractivity contribution in [3.63, 3.8) is 0 Å². The Balaban J connectivity index is 1.16. The van der Waals surface area contributed by atoms with Crippen LogP contribution in [0.2, 0.25) is 0 Å². The molecule has 3 aromatic rings. The minimum atomic E-state index is -0.513. The van der Waals surface area contributed by atoms with E-state index in [-0.39, 0.29) is 0 Å². The van der Waals surface area contributed by atoms with Gasteiger partial charge in [0.05, 0.1) is 24.3 Å². The zero-order valence-electron chi connectivity index (χ0n) is 18.1. The lowest BCUT2D eigenvalue weighted by Gasteiger charge is -2.30. The van der Waals surface area contributed by atoms with Gasteiger partial charge in [0.15, 0.2) is 0 Å². The summed E-state index contributed by atoms with van der Waals surface area (Å²) in [6.45, 7) is 4.61. The third kappa shape index (κ3) is 4.45. The van der Waals surface area contributed by atoms with Gasteiger partial charge in [-0.2, -0.15) is 0 Å². The second-order valence-electron chi connectivity index (χ2n) is 8.64. The van der Waals surface area contributed by atoms with Crippen LogP contribution < -0.4 is 9.64 Å². The lowest BCUT2D eigenvalue weighted by atomic mass is 10.00. The average molecular weight is 419 g/mol. The quantitative estimate of drug-likeness (QED) is 0.667. The summed E-state index contributed by atoms with van der Waals surface area (Å²) < 4.78 is 8.08. The highest BCUT2D eigenvalue weighted by atomic mass is 16.5. The van der Waals surface area contributed by atoms with Crippen molar-refractivity contribution < 1.29 is 9.84 Å². The van der Waals surface area contributed by atoms with Crippen LogP contribution in [0.4, 0.5) is 5.69 Å². The van der Waals surface area contributed by atoms with Crippen molar-refractivity contribution in [1.29, 1.82) is 0 Å². The van der Waals surface area contributed by atoms with E-state index >= 15 is 0 Å². The predicted molar refractivity (Wildman–Crippen MR) is 121 cm³/mol. The number of aryl methyl sites for hydroxylation is 1. The first kappa shape index (κ1) is 20.1. The van der Waals surface area contributed by atoms with Gasteiger partial charge in [-0.1, -0.05) is 30.3 Å². The van der Waals surface area contributed by atoms with Gasteiger partial charge in [-0.25, -0.2) is 4.98 Å². The molecule has 6 heteroatoms. The average Bonchev–Trinajstić information content (AvgIpc) is 3.18. The summed E-state index contributed by atoms with van der Waals surface area (Å²) >= 11 is 0. The van der Waals surface area contributed by atoms with Crippen LogP contribution in [0.25, 0.3) is 0 Å². The van der Waals surface area contributed by atoms with Crippen molar-refractivity contribution in [3.05, 3.63) is 77.4 Å². The Labute approximate surface area is 183 Å². The molecular formula is C25H30N4O2. The van der Waals surface area contributed by atoms with E-state index in [1.165, 1.54) is 22.5 Å². The fraction of sp³-hybridized carbons (Fsp3) is 0.400. The van der Waals surface area contributed by atoms with Crippen LogP contribution in [-0.4, -0.2) is 51.9 Å². The summed E-state index contributed by atoms with van der Waals surface area (Å²) in [7, 11) is 2.05. The summed E-state index contributed by atoms with van der Waals surface area (Å²) in [6.07, 6.45) is 3.38. The lowest BCUT2D eigenvalue weighted by Crippen LogP contribution is -2.38. The van der Waals surface area contributed by atoms with E-state index in [2.05, 4.69) is 62.8 Å². The number of rotatable bonds is 6. The number of β-amino-alcohol motifs (C(OH)–C–C–N with tert-alkyl or cyclic N) is 1. The molecule has 1 aromatic heterocycles. The number of ether oxygens (including phenoxy) is 1. The minimum Gasteiger partial charge on any atom is -0.491 e. The molecule has 0 bridgehead atoms. The van der Waals surface area contributed by atoms with Crippen LogP contribution in [0, 0.1) is 0 Å². The van der Waals surface area contributed by atoms with E-state index in [0.717, 1.165) is 50.5 Å². The Morgan fingerprint density at radius 2 is 1.90 bits per heavy atom. The van der Waals surface area contributed by atoms with Crippen LogP contribution in [0.5, 0.6) is 5.75 Å². The van der Waals surface area contributed by atoms with Gasteiger partial charge in [0.25, 0.3) is 0 Å². The first-order valence-electron chi connectivity index (χ1n) is 11.1. The zero-order valence-corrected chi connectivity index (χ0v) is 18.1. The minimum absolute atomic E-state index is 0.299. The maximum absolute atomic E-state index is 10.6. The Morgan fingerprint density at radius 1 is 1.03 bits per heavy atom. The summed E-state index contributed by atoms with van der Waals surface area (Å²) in [4.78, 5) is 9.16. The van der Waals surface area contributed by atoms with Crippen LogP contribution in [0.15, 0.2) is 54.9 Å². The zero-order chi connectivity index (χ0) is 21.2. The van der Waals surface area contributed by atoms with E-state index in [4.69, 9.17) is 4.74 Å². The highest BCUT2D eigenvalue weighted by Crippen LogP contribution is 2.27. The van der Waals surface area contributed by atoms with E-state index < -0.39 is 6.10 Å². The normalized spacial score (nSPS) is 17.2. The number of hydrogen-bond donors (Lipinski definition) is 1. The highest BCUT2D eigenvalue weighted by Gasteiger charge is 2.21. The SMILES string of the molecule is Cn1cnc2c1CN(c1cccc(OCC(O)CN3CCc4ccccc4C3)c1)CC2. The number of fused-ring (bicyclic) bond motifs is 2. The molecule has 2 aliphatic heterocycles. The Bertz CT molecular complexity index is 1050. The largest absolute Gasteiger partial charge is 0.491 e. The summed E-state index contributed by atoms with van der Waals surface area (Å²) in [6, 6.07) is 16.8. The maximum atomic E-state index is 10.6. The second kappa shape index (κ2) is 8.73. The van der Waals surface area contributed by atoms with Crippen LogP contribution in [0.1, 0.15) is 22.5 Å². The molecule has 0 saturated heterocycles. The third-order valence-electron chi connectivity index (χ3n) is 6.41. The second-order valence-corrected chi connectivity index (χ2v) is 8.64. The van der Waals surface area contributed by atoms with Crippen molar-refractivity contribution in [1.82, 2.24) is 14.5 Å². The number of hydrogen-bond acceptors (Lipinski definition) is 5. The molecule has 31 heavy (non-hydrogen) atoms. The summed E-state index contributed by atoms with van der Waals surface area (Å²) in [5.41, 5.74) is 6.42. The number of imidazole rings is 1. The monoisotopic (exact) mass is 418 g/mol. The van der Waals surface area contributed by atoms with Crippen molar-refractivity contribution in [2.75, 3.05) is 31.1 Å². The van der Waals surface area contributed by atoms with Crippen molar-refractivity contribution in [2.45, 2.75) is 32.0 Å². The molecule has 6 nitrogen and oxygen atoms in total. The molecule has 3 heterocycles. The number of benzene rings is 2. The molecule has 5 rings (SSSR count). The molecule has 1 N–H and O–H groups in total. The molecule has 1 unspecified atom stereocenters. The number of aromatic nitrogens is 2. The first-order valence-corrected chi connectivity index (χ1v) is 11.1. The highest BCUT2D eigenvalue weighted by molar-refractivity contribution is 5.52. The maximum Gasteiger partial charge on any atom is 0.121 e. The summed E-state index contributed by atoms with van der Waals surface area (Å²) in [5, 5.41) is 10.6.